The van der Waals surface area contributed by atoms with Gasteiger partial charge in [0.05, 0.1) is 18.1 Å². The van der Waals surface area contributed by atoms with Crippen molar-refractivity contribution < 1.29 is 28.8 Å². The molecule has 2 heterocycles. The van der Waals surface area contributed by atoms with Crippen molar-refractivity contribution in [2.75, 3.05) is 6.79 Å². The zero-order chi connectivity index (χ0) is 19.1. The van der Waals surface area contributed by atoms with E-state index in [-0.39, 0.29) is 19.0 Å². The van der Waals surface area contributed by atoms with Crippen LogP contribution < -0.4 is 9.47 Å². The van der Waals surface area contributed by atoms with E-state index in [1.165, 1.54) is 0 Å². The van der Waals surface area contributed by atoms with E-state index in [1.54, 1.807) is 32.9 Å². The molecule has 1 N–H and O–H groups in total. The Morgan fingerprint density at radius 1 is 1.35 bits per heavy atom. The van der Waals surface area contributed by atoms with Gasteiger partial charge in [0.1, 0.15) is 11.7 Å². The van der Waals surface area contributed by atoms with Gasteiger partial charge in [0.25, 0.3) is 0 Å². The Balaban J connectivity index is 1.92. The minimum absolute atomic E-state index is 0.0860. The Morgan fingerprint density at radius 2 is 2.00 bits per heavy atom. The first-order chi connectivity index (χ1) is 12.2. The van der Waals surface area contributed by atoms with E-state index in [2.05, 4.69) is 6.58 Å². The van der Waals surface area contributed by atoms with Crippen LogP contribution in [0.15, 0.2) is 30.9 Å². The van der Waals surface area contributed by atoms with Crippen LogP contribution in [-0.2, 0) is 14.3 Å². The monoisotopic (exact) mass is 362 g/mol. The average Bonchev–Trinajstić information content (AvgIpc) is 3.10. The highest BCUT2D eigenvalue weighted by atomic mass is 16.7. The van der Waals surface area contributed by atoms with Gasteiger partial charge in [-0.1, -0.05) is 12.1 Å². The number of allylic oxidation sites excluding steroid dienone is 1. The van der Waals surface area contributed by atoms with Crippen LogP contribution in [0, 0.1) is 5.92 Å². The van der Waals surface area contributed by atoms with Crippen molar-refractivity contribution >= 4 is 5.97 Å². The standard InChI is InChI=1S/C20H26O6/c1-6-13(12-7-8-14-15(9-12)24-10-23-14)16(17(21)18-11(2)25-18)19(22)26-20(3,4)5/h6-9,11,13,16-18,21H,1,10H2,2-5H3/t11-,13+,16+,17-,18+/m0/s1. The zero-order valence-corrected chi connectivity index (χ0v) is 15.6. The lowest BCUT2D eigenvalue weighted by Crippen LogP contribution is -2.41. The molecule has 0 spiro atoms. The molecule has 0 aromatic heterocycles. The molecule has 0 saturated carbocycles. The lowest BCUT2D eigenvalue weighted by atomic mass is 9.80. The molecule has 1 fully saturated rings. The number of ether oxygens (including phenoxy) is 4. The molecule has 0 amide bonds. The number of hydrogen-bond acceptors (Lipinski definition) is 6. The van der Waals surface area contributed by atoms with Gasteiger partial charge in [0, 0.05) is 5.92 Å². The molecular formula is C20H26O6. The lowest BCUT2D eigenvalue weighted by molar-refractivity contribution is -0.165. The highest BCUT2D eigenvalue weighted by Gasteiger charge is 2.49. The maximum Gasteiger partial charge on any atom is 0.313 e. The summed E-state index contributed by atoms with van der Waals surface area (Å²) in [5, 5.41) is 10.8. The average molecular weight is 362 g/mol. The van der Waals surface area contributed by atoms with E-state index in [9.17, 15) is 9.90 Å². The molecule has 0 radical (unpaired) electrons. The van der Waals surface area contributed by atoms with Gasteiger partial charge in [-0.25, -0.2) is 0 Å². The van der Waals surface area contributed by atoms with Crippen LogP contribution in [0.2, 0.25) is 0 Å². The van der Waals surface area contributed by atoms with E-state index in [0.29, 0.717) is 11.5 Å². The predicted molar refractivity (Wildman–Crippen MR) is 95.2 cm³/mol. The van der Waals surface area contributed by atoms with Crippen molar-refractivity contribution in [1.29, 1.82) is 0 Å². The molecule has 2 aliphatic heterocycles. The number of aliphatic hydroxyl groups excluding tert-OH is 1. The Bertz CT molecular complexity index is 692. The smallest absolute Gasteiger partial charge is 0.313 e. The molecule has 0 aliphatic carbocycles. The fourth-order valence-electron chi connectivity index (χ4n) is 3.24. The van der Waals surface area contributed by atoms with E-state index in [4.69, 9.17) is 18.9 Å². The highest BCUT2D eigenvalue weighted by molar-refractivity contribution is 5.75. The summed E-state index contributed by atoms with van der Waals surface area (Å²) in [6, 6.07) is 5.46. The number of aliphatic hydroxyl groups is 1. The minimum atomic E-state index is -0.992. The van der Waals surface area contributed by atoms with Gasteiger partial charge >= 0.3 is 5.97 Å². The molecule has 5 atom stereocenters. The molecule has 3 rings (SSSR count). The summed E-state index contributed by atoms with van der Waals surface area (Å²) in [6.07, 6.45) is 0.192. The molecule has 0 unspecified atom stereocenters. The number of hydrogen-bond donors (Lipinski definition) is 1. The molecule has 1 aromatic rings. The van der Waals surface area contributed by atoms with E-state index >= 15 is 0 Å². The number of benzene rings is 1. The van der Waals surface area contributed by atoms with Gasteiger partial charge in [-0.2, -0.15) is 0 Å². The van der Waals surface area contributed by atoms with Crippen LogP contribution in [0.3, 0.4) is 0 Å². The molecule has 2 aliphatic rings. The SMILES string of the molecule is C=C[C@H](c1ccc2c(c1)OCO2)[C@@H](C(=O)OC(C)(C)C)[C@H](O)[C@@H]1O[C@H]1C. The fourth-order valence-corrected chi connectivity index (χ4v) is 3.24. The van der Waals surface area contributed by atoms with Crippen molar-refractivity contribution in [2.45, 2.75) is 57.5 Å². The van der Waals surface area contributed by atoms with Gasteiger partial charge in [-0.3, -0.25) is 4.79 Å². The normalized spacial score (nSPS) is 24.5. The predicted octanol–water partition coefficient (Wildman–Crippen LogP) is 2.79. The quantitative estimate of drug-likeness (QED) is 0.476. The second kappa shape index (κ2) is 6.93. The summed E-state index contributed by atoms with van der Waals surface area (Å²) in [4.78, 5) is 12.9. The molecule has 142 valence electrons. The Morgan fingerprint density at radius 3 is 2.58 bits per heavy atom. The summed E-state index contributed by atoms with van der Waals surface area (Å²) in [7, 11) is 0. The molecule has 6 heteroatoms. The van der Waals surface area contributed by atoms with Crippen molar-refractivity contribution in [2.24, 2.45) is 5.92 Å². The second-order valence-electron chi connectivity index (χ2n) is 7.73. The summed E-state index contributed by atoms with van der Waals surface area (Å²) in [6.45, 7) is 11.3. The first kappa shape index (κ1) is 18.7. The topological polar surface area (TPSA) is 77.5 Å². The first-order valence-electron chi connectivity index (χ1n) is 8.80. The number of carbonyl (C=O) groups is 1. The largest absolute Gasteiger partial charge is 0.460 e. The summed E-state index contributed by atoms with van der Waals surface area (Å²) in [5.41, 5.74) is 0.138. The first-order valence-corrected chi connectivity index (χ1v) is 8.80. The van der Waals surface area contributed by atoms with Gasteiger partial charge in [0.2, 0.25) is 6.79 Å². The van der Waals surface area contributed by atoms with Crippen molar-refractivity contribution in [3.63, 3.8) is 0 Å². The van der Waals surface area contributed by atoms with E-state index in [1.807, 2.05) is 19.1 Å². The van der Waals surface area contributed by atoms with Gasteiger partial charge in [-0.15, -0.1) is 6.58 Å². The van der Waals surface area contributed by atoms with Crippen LogP contribution in [-0.4, -0.2) is 41.8 Å². The Kier molecular flexibility index (Phi) is 4.99. The number of rotatable bonds is 6. The highest BCUT2D eigenvalue weighted by Crippen LogP contribution is 2.41. The maximum absolute atomic E-state index is 12.9. The number of fused-ring (bicyclic) bond motifs is 1. The maximum atomic E-state index is 12.9. The minimum Gasteiger partial charge on any atom is -0.460 e. The lowest BCUT2D eigenvalue weighted by Gasteiger charge is -2.30. The fraction of sp³-hybridized carbons (Fsp3) is 0.550. The summed E-state index contributed by atoms with van der Waals surface area (Å²) in [5.74, 6) is -0.490. The third-order valence-corrected chi connectivity index (χ3v) is 4.56. The van der Waals surface area contributed by atoms with Crippen molar-refractivity contribution in [3.8, 4) is 11.5 Å². The van der Waals surface area contributed by atoms with Crippen LogP contribution >= 0.6 is 0 Å². The molecule has 6 nitrogen and oxygen atoms in total. The molecular weight excluding hydrogens is 336 g/mol. The second-order valence-corrected chi connectivity index (χ2v) is 7.73. The van der Waals surface area contributed by atoms with Gasteiger partial charge in [0.15, 0.2) is 11.5 Å². The van der Waals surface area contributed by atoms with Gasteiger partial charge < -0.3 is 24.1 Å². The van der Waals surface area contributed by atoms with Crippen LogP contribution in [0.1, 0.15) is 39.2 Å². The zero-order valence-electron chi connectivity index (χ0n) is 15.6. The summed E-state index contributed by atoms with van der Waals surface area (Å²) < 4.78 is 21.8. The third-order valence-electron chi connectivity index (χ3n) is 4.56. The molecule has 1 saturated heterocycles. The number of carbonyl (C=O) groups excluding carboxylic acids is 1. The van der Waals surface area contributed by atoms with Crippen molar-refractivity contribution in [1.82, 2.24) is 0 Å². The van der Waals surface area contributed by atoms with E-state index in [0.717, 1.165) is 5.56 Å². The van der Waals surface area contributed by atoms with Crippen LogP contribution in [0.4, 0.5) is 0 Å². The van der Waals surface area contributed by atoms with Crippen molar-refractivity contribution in [3.05, 3.63) is 36.4 Å². The van der Waals surface area contributed by atoms with Gasteiger partial charge in [-0.05, 0) is 45.4 Å². The number of epoxide rings is 1. The third kappa shape index (κ3) is 3.86. The molecule has 0 bridgehead atoms. The summed E-state index contributed by atoms with van der Waals surface area (Å²) >= 11 is 0. The Labute approximate surface area is 153 Å². The van der Waals surface area contributed by atoms with Crippen LogP contribution in [0.5, 0.6) is 11.5 Å². The number of esters is 1. The van der Waals surface area contributed by atoms with Crippen LogP contribution in [0.25, 0.3) is 0 Å². The Hall–Kier alpha value is -2.05. The molecule has 1 aromatic carbocycles. The van der Waals surface area contributed by atoms with E-state index < -0.39 is 29.5 Å². The molecule has 26 heavy (non-hydrogen) atoms.